The number of hydrogen-bond donors (Lipinski definition) is 0. The highest BCUT2D eigenvalue weighted by Crippen LogP contribution is 2.34. The highest BCUT2D eigenvalue weighted by atomic mass is 35.5. The molecule has 10 heteroatoms. The van der Waals surface area contributed by atoms with E-state index in [9.17, 15) is 4.79 Å². The zero-order chi connectivity index (χ0) is 22.8. The van der Waals surface area contributed by atoms with Gasteiger partial charge in [0.05, 0.1) is 23.4 Å². The summed E-state index contributed by atoms with van der Waals surface area (Å²) in [5.74, 6) is 0.648. The molecule has 5 rings (SSSR count). The van der Waals surface area contributed by atoms with Crippen molar-refractivity contribution in [2.45, 2.75) is 24.5 Å². The third kappa shape index (κ3) is 4.55. The minimum atomic E-state index is -0.313. The molecule has 0 spiro atoms. The number of furan rings is 1. The second-order valence-corrected chi connectivity index (χ2v) is 8.90. The number of carbonyl (C=O) groups excluding carboxylic acids is 1. The van der Waals surface area contributed by atoms with Gasteiger partial charge in [0.2, 0.25) is 5.16 Å². The first-order chi connectivity index (χ1) is 16.1. The summed E-state index contributed by atoms with van der Waals surface area (Å²) >= 11 is 7.29. The molecule has 0 aliphatic carbocycles. The molecule has 1 unspecified atom stereocenters. The van der Waals surface area contributed by atoms with Crippen LogP contribution in [-0.2, 0) is 4.79 Å². The lowest BCUT2D eigenvalue weighted by Gasteiger charge is -2.19. The maximum Gasteiger partial charge on any atom is 0.253 e. The normalized spacial score (nSPS) is 15.6. The lowest BCUT2D eigenvalue weighted by molar-refractivity contribution is -0.130. The van der Waals surface area contributed by atoms with E-state index in [1.165, 1.54) is 16.8 Å². The average Bonchev–Trinajstić information content (AvgIpc) is 3.59. The fraction of sp³-hybridized carbons (Fsp3) is 0.174. The van der Waals surface area contributed by atoms with E-state index < -0.39 is 0 Å². The summed E-state index contributed by atoms with van der Waals surface area (Å²) in [6.45, 7) is 2.02. The first kappa shape index (κ1) is 21.4. The Morgan fingerprint density at radius 1 is 1.15 bits per heavy atom. The van der Waals surface area contributed by atoms with Gasteiger partial charge in [0.15, 0.2) is 0 Å². The predicted octanol–water partition coefficient (Wildman–Crippen LogP) is 4.69. The van der Waals surface area contributed by atoms with Crippen LogP contribution in [0.15, 0.2) is 81.6 Å². The molecule has 4 aromatic rings. The molecule has 0 bridgehead atoms. The molecule has 3 heterocycles. The van der Waals surface area contributed by atoms with Gasteiger partial charge in [0.25, 0.3) is 5.91 Å². The molecule has 1 aliphatic heterocycles. The second kappa shape index (κ2) is 9.21. The third-order valence-corrected chi connectivity index (χ3v) is 6.42. The van der Waals surface area contributed by atoms with Crippen LogP contribution in [0.5, 0.6) is 0 Å². The van der Waals surface area contributed by atoms with E-state index in [-0.39, 0.29) is 17.7 Å². The topological polar surface area (TPSA) is 89.4 Å². The first-order valence-electron chi connectivity index (χ1n) is 10.3. The SMILES string of the molecule is Cc1ccc(-n2nnnc2SCC(=O)N2N=C(c3ccc(Cl)cc3)CC2c2ccco2)cc1. The number of halogens is 1. The van der Waals surface area contributed by atoms with Crippen molar-refractivity contribution in [3.8, 4) is 5.69 Å². The van der Waals surface area contributed by atoms with E-state index >= 15 is 0 Å². The van der Waals surface area contributed by atoms with Crippen LogP contribution in [0.4, 0.5) is 0 Å². The average molecular weight is 479 g/mol. The molecule has 8 nitrogen and oxygen atoms in total. The van der Waals surface area contributed by atoms with Crippen LogP contribution in [0.2, 0.25) is 5.02 Å². The van der Waals surface area contributed by atoms with E-state index in [1.54, 1.807) is 10.9 Å². The Morgan fingerprint density at radius 3 is 2.67 bits per heavy atom. The van der Waals surface area contributed by atoms with Gasteiger partial charge in [-0.15, -0.1) is 5.10 Å². The van der Waals surface area contributed by atoms with Crippen LogP contribution in [0, 0.1) is 6.92 Å². The van der Waals surface area contributed by atoms with Crippen molar-refractivity contribution < 1.29 is 9.21 Å². The van der Waals surface area contributed by atoms with Gasteiger partial charge in [-0.25, -0.2) is 5.01 Å². The summed E-state index contributed by atoms with van der Waals surface area (Å²) in [5.41, 5.74) is 3.69. The lowest BCUT2D eigenvalue weighted by Crippen LogP contribution is -2.28. The van der Waals surface area contributed by atoms with E-state index in [2.05, 4.69) is 20.6 Å². The number of hydrazone groups is 1. The van der Waals surface area contributed by atoms with Crippen molar-refractivity contribution in [3.05, 3.63) is 88.8 Å². The number of aromatic nitrogens is 4. The Labute approximate surface area is 199 Å². The van der Waals surface area contributed by atoms with E-state index in [0.717, 1.165) is 22.5 Å². The summed E-state index contributed by atoms with van der Waals surface area (Å²) < 4.78 is 7.23. The molecule has 1 aliphatic rings. The summed E-state index contributed by atoms with van der Waals surface area (Å²) in [6, 6.07) is 18.6. The Morgan fingerprint density at radius 2 is 1.94 bits per heavy atom. The fourth-order valence-corrected chi connectivity index (χ4v) is 4.44. The van der Waals surface area contributed by atoms with Crippen LogP contribution >= 0.6 is 23.4 Å². The molecule has 1 atom stereocenters. The van der Waals surface area contributed by atoms with Crippen LogP contribution in [0.3, 0.4) is 0 Å². The third-order valence-electron chi connectivity index (χ3n) is 5.26. The molecule has 2 aromatic heterocycles. The van der Waals surface area contributed by atoms with Crippen molar-refractivity contribution in [3.63, 3.8) is 0 Å². The van der Waals surface area contributed by atoms with Gasteiger partial charge in [0, 0.05) is 11.4 Å². The molecule has 0 saturated carbocycles. The Bertz CT molecular complexity index is 1290. The standard InChI is InChI=1S/C23H19ClN6O2S/c1-15-4-10-18(11-5-15)29-23(25-27-28-29)33-14-22(31)30-20(21-3-2-12-32-21)13-19(26-30)16-6-8-17(24)9-7-16/h2-12,20H,13-14H2,1H3. The van der Waals surface area contributed by atoms with E-state index in [1.807, 2.05) is 67.6 Å². The zero-order valence-electron chi connectivity index (χ0n) is 17.6. The molecule has 2 aromatic carbocycles. The number of hydrogen-bond acceptors (Lipinski definition) is 7. The maximum absolute atomic E-state index is 13.2. The summed E-state index contributed by atoms with van der Waals surface area (Å²) in [6.07, 6.45) is 2.15. The van der Waals surface area contributed by atoms with Gasteiger partial charge in [-0.1, -0.05) is 53.2 Å². The number of thioether (sulfide) groups is 1. The number of nitrogens with zero attached hydrogens (tertiary/aromatic N) is 6. The van der Waals surface area contributed by atoms with Gasteiger partial charge in [-0.05, 0) is 59.3 Å². The molecular formula is C23H19ClN6O2S. The Hall–Kier alpha value is -3.43. The molecule has 0 saturated heterocycles. The molecule has 0 fully saturated rings. The minimum Gasteiger partial charge on any atom is -0.467 e. The van der Waals surface area contributed by atoms with Crippen molar-refractivity contribution in [2.75, 3.05) is 5.75 Å². The van der Waals surface area contributed by atoms with Crippen molar-refractivity contribution in [1.82, 2.24) is 25.2 Å². The monoisotopic (exact) mass is 478 g/mol. The summed E-state index contributed by atoms with van der Waals surface area (Å²) in [5, 5.41) is 19.2. The Balaban J connectivity index is 1.36. The van der Waals surface area contributed by atoms with Crippen LogP contribution in [0.25, 0.3) is 5.69 Å². The number of rotatable bonds is 6. The van der Waals surface area contributed by atoms with E-state index in [0.29, 0.717) is 22.4 Å². The molecule has 33 heavy (non-hydrogen) atoms. The number of benzene rings is 2. The number of tetrazole rings is 1. The first-order valence-corrected chi connectivity index (χ1v) is 11.6. The Kier molecular flexibility index (Phi) is 5.97. The number of carbonyl (C=O) groups is 1. The van der Waals surface area contributed by atoms with Crippen LogP contribution in [0.1, 0.15) is 29.3 Å². The van der Waals surface area contributed by atoms with Gasteiger partial charge >= 0.3 is 0 Å². The van der Waals surface area contributed by atoms with E-state index in [4.69, 9.17) is 16.0 Å². The number of aryl methyl sites for hydroxylation is 1. The van der Waals surface area contributed by atoms with Gasteiger partial charge < -0.3 is 4.42 Å². The second-order valence-electron chi connectivity index (χ2n) is 7.52. The van der Waals surface area contributed by atoms with Gasteiger partial charge in [-0.3, -0.25) is 4.79 Å². The lowest BCUT2D eigenvalue weighted by atomic mass is 10.0. The zero-order valence-corrected chi connectivity index (χ0v) is 19.2. The largest absolute Gasteiger partial charge is 0.467 e. The molecular weight excluding hydrogens is 460 g/mol. The molecule has 0 N–H and O–H groups in total. The predicted molar refractivity (Wildman–Crippen MR) is 126 cm³/mol. The summed E-state index contributed by atoms with van der Waals surface area (Å²) in [4.78, 5) is 13.2. The molecule has 0 radical (unpaired) electrons. The van der Waals surface area contributed by atoms with Crippen molar-refractivity contribution in [1.29, 1.82) is 0 Å². The smallest absolute Gasteiger partial charge is 0.253 e. The minimum absolute atomic E-state index is 0.126. The molecule has 166 valence electrons. The highest BCUT2D eigenvalue weighted by molar-refractivity contribution is 7.99. The maximum atomic E-state index is 13.2. The quantitative estimate of drug-likeness (QED) is 0.373. The van der Waals surface area contributed by atoms with Crippen LogP contribution in [-0.4, -0.2) is 42.6 Å². The highest BCUT2D eigenvalue weighted by Gasteiger charge is 2.35. The van der Waals surface area contributed by atoms with Gasteiger partial charge in [0.1, 0.15) is 11.8 Å². The fourth-order valence-electron chi connectivity index (χ4n) is 3.57. The van der Waals surface area contributed by atoms with Crippen LogP contribution < -0.4 is 0 Å². The van der Waals surface area contributed by atoms with Gasteiger partial charge in [-0.2, -0.15) is 9.78 Å². The van der Waals surface area contributed by atoms with Crippen molar-refractivity contribution in [2.24, 2.45) is 5.10 Å². The number of amides is 1. The summed E-state index contributed by atoms with van der Waals surface area (Å²) in [7, 11) is 0. The molecule has 1 amide bonds. The van der Waals surface area contributed by atoms with Crippen molar-refractivity contribution >= 4 is 35.0 Å².